The smallest absolute Gasteiger partial charge is 0.305 e. The number of esters is 3. The minimum Gasteiger partial charge on any atom is -0.466 e. The summed E-state index contributed by atoms with van der Waals surface area (Å²) < 4.78 is 20.4. The van der Waals surface area contributed by atoms with Crippen LogP contribution in [0.15, 0.2) is 0 Å². The van der Waals surface area contributed by atoms with Gasteiger partial charge in [0.15, 0.2) is 0 Å². The van der Waals surface area contributed by atoms with Crippen LogP contribution in [0, 0.1) is 0 Å². The first-order valence-electron chi connectivity index (χ1n) is 15.2. The quantitative estimate of drug-likeness (QED) is 0.0773. The number of nitrogens with one attached hydrogen (secondary N) is 2. The van der Waals surface area contributed by atoms with Gasteiger partial charge in [-0.05, 0) is 71.1 Å². The zero-order valence-electron chi connectivity index (χ0n) is 25.6. The fourth-order valence-electron chi connectivity index (χ4n) is 3.66. The Kier molecular flexibility index (Phi) is 26.1. The number of amides is 2. The van der Waals surface area contributed by atoms with Crippen LogP contribution in [0.25, 0.3) is 0 Å². The highest BCUT2D eigenvalue weighted by Gasteiger charge is 2.08. The highest BCUT2D eigenvalue weighted by atomic mass is 16.5. The molecule has 0 saturated heterocycles. The summed E-state index contributed by atoms with van der Waals surface area (Å²) >= 11 is 0. The number of ketones is 1. The molecule has 0 rings (SSSR count). The summed E-state index contributed by atoms with van der Waals surface area (Å²) in [4.78, 5) is 69.6. The molecule has 2 amide bonds. The summed E-state index contributed by atoms with van der Waals surface area (Å²) in [6, 6.07) is 0. The molecule has 0 aliphatic heterocycles. The average molecular weight is 601 g/mol. The molecule has 42 heavy (non-hydrogen) atoms. The van der Waals surface area contributed by atoms with E-state index >= 15 is 0 Å². The molecule has 0 radical (unpaired) electrons. The number of carbonyl (C=O) groups excluding carboxylic acids is 6. The lowest BCUT2D eigenvalue weighted by molar-refractivity contribution is -0.146. The van der Waals surface area contributed by atoms with Gasteiger partial charge in [-0.1, -0.05) is 0 Å². The van der Waals surface area contributed by atoms with Crippen molar-refractivity contribution in [3.05, 3.63) is 0 Å². The molecule has 0 aromatic rings. The van der Waals surface area contributed by atoms with Gasteiger partial charge in [-0.2, -0.15) is 0 Å². The van der Waals surface area contributed by atoms with E-state index in [9.17, 15) is 28.8 Å². The third-order valence-corrected chi connectivity index (χ3v) is 6.07. The van der Waals surface area contributed by atoms with Crippen molar-refractivity contribution >= 4 is 35.5 Å². The average Bonchev–Trinajstić information content (AvgIpc) is 2.95. The van der Waals surface area contributed by atoms with Crippen molar-refractivity contribution < 1.29 is 47.7 Å². The summed E-state index contributed by atoms with van der Waals surface area (Å²) in [5, 5.41) is 5.46. The molecule has 12 heteroatoms. The van der Waals surface area contributed by atoms with E-state index in [0.717, 1.165) is 12.8 Å². The number of methoxy groups -OCH3 is 1. The van der Waals surface area contributed by atoms with Gasteiger partial charge in [0.1, 0.15) is 5.78 Å². The summed E-state index contributed by atoms with van der Waals surface area (Å²) in [6.45, 7) is 3.73. The lowest BCUT2D eigenvalue weighted by Crippen LogP contribution is -2.34. The lowest BCUT2D eigenvalue weighted by atomic mass is 10.1. The molecule has 0 bridgehead atoms. The van der Waals surface area contributed by atoms with Crippen LogP contribution >= 0.6 is 0 Å². The Labute approximate surface area is 250 Å². The number of unbranched alkanes of at least 4 members (excludes halogenated alkanes) is 5. The molecule has 0 heterocycles. The topological polar surface area (TPSA) is 163 Å². The Bertz CT molecular complexity index is 788. The van der Waals surface area contributed by atoms with Gasteiger partial charge in [0.05, 0.1) is 19.8 Å². The maximum Gasteiger partial charge on any atom is 0.305 e. The Morgan fingerprint density at radius 2 is 0.786 bits per heavy atom. The van der Waals surface area contributed by atoms with Gasteiger partial charge < -0.3 is 34.4 Å². The molecule has 0 aliphatic carbocycles. The third kappa shape index (κ3) is 28.5. The summed E-state index contributed by atoms with van der Waals surface area (Å²) in [5.74, 6) is -1.02. The van der Waals surface area contributed by atoms with Crippen molar-refractivity contribution in [2.45, 2.75) is 110 Å². The maximum absolute atomic E-state index is 11.9. The number of ether oxygens (including phenoxy) is 4. The van der Waals surface area contributed by atoms with Crippen molar-refractivity contribution in [3.63, 3.8) is 0 Å². The second-order valence-corrected chi connectivity index (χ2v) is 10.1. The summed E-state index contributed by atoms with van der Waals surface area (Å²) in [7, 11) is 1.63. The third-order valence-electron chi connectivity index (χ3n) is 6.07. The maximum atomic E-state index is 11.9. The summed E-state index contributed by atoms with van der Waals surface area (Å²) in [5.41, 5.74) is 0. The number of Topliss-reactive ketones (excluding diaryl/α,β-unsaturated/α-hetero) is 1. The predicted molar refractivity (Wildman–Crippen MR) is 155 cm³/mol. The number of hydrogen-bond acceptors (Lipinski definition) is 10. The standard InChI is InChI=1S/C30H52N2O10/c1-25(33)13-3-4-14-26(34)31-19-20-32-27(35)15-5-6-16-28(36)41-23-11-12-24-42-30(38)18-8-7-17-29(37)40-22-10-9-21-39-2/h3-24H2,1-2H3,(H,31,34)(H,32,35). The fourth-order valence-corrected chi connectivity index (χ4v) is 3.66. The van der Waals surface area contributed by atoms with E-state index in [0.29, 0.717) is 90.5 Å². The molecular weight excluding hydrogens is 548 g/mol. The molecule has 0 atom stereocenters. The number of rotatable bonds is 28. The van der Waals surface area contributed by atoms with Crippen molar-refractivity contribution in [3.8, 4) is 0 Å². The van der Waals surface area contributed by atoms with Crippen LogP contribution in [0.4, 0.5) is 0 Å². The molecule has 0 aliphatic rings. The van der Waals surface area contributed by atoms with Crippen LogP contribution in [0.5, 0.6) is 0 Å². The first-order chi connectivity index (χ1) is 20.2. The van der Waals surface area contributed by atoms with Gasteiger partial charge in [-0.3, -0.25) is 24.0 Å². The molecule has 242 valence electrons. The van der Waals surface area contributed by atoms with Gasteiger partial charge in [-0.25, -0.2) is 0 Å². The first-order valence-corrected chi connectivity index (χ1v) is 15.2. The largest absolute Gasteiger partial charge is 0.466 e. The highest BCUT2D eigenvalue weighted by Crippen LogP contribution is 2.06. The van der Waals surface area contributed by atoms with E-state index in [1.165, 1.54) is 6.92 Å². The van der Waals surface area contributed by atoms with Crippen LogP contribution in [-0.2, 0) is 47.7 Å². The normalized spacial score (nSPS) is 10.5. The van der Waals surface area contributed by atoms with Gasteiger partial charge >= 0.3 is 17.9 Å². The zero-order chi connectivity index (χ0) is 31.3. The molecular formula is C30H52N2O10. The molecule has 0 aromatic heterocycles. The molecule has 0 spiro atoms. The van der Waals surface area contributed by atoms with E-state index in [2.05, 4.69) is 10.6 Å². The SMILES string of the molecule is COCCCCOC(=O)CCCCC(=O)OCCCCOC(=O)CCCCC(=O)NCCNC(=O)CCCCC(C)=O. The minimum atomic E-state index is -0.327. The molecule has 0 aromatic carbocycles. The lowest BCUT2D eigenvalue weighted by Gasteiger charge is -2.08. The van der Waals surface area contributed by atoms with Crippen molar-refractivity contribution in [1.82, 2.24) is 10.6 Å². The van der Waals surface area contributed by atoms with Crippen molar-refractivity contribution in [1.29, 1.82) is 0 Å². The number of carbonyl (C=O) groups is 6. The Balaban J connectivity index is 3.52. The van der Waals surface area contributed by atoms with E-state index in [4.69, 9.17) is 18.9 Å². The van der Waals surface area contributed by atoms with Gasteiger partial charge in [0.25, 0.3) is 0 Å². The van der Waals surface area contributed by atoms with Gasteiger partial charge in [0, 0.05) is 65.3 Å². The van der Waals surface area contributed by atoms with Gasteiger partial charge in [-0.15, -0.1) is 0 Å². The monoisotopic (exact) mass is 600 g/mol. The fraction of sp³-hybridized carbons (Fsp3) is 0.800. The summed E-state index contributed by atoms with van der Waals surface area (Å²) in [6.07, 6.45) is 8.23. The van der Waals surface area contributed by atoms with Gasteiger partial charge in [0.2, 0.25) is 11.8 Å². The highest BCUT2D eigenvalue weighted by molar-refractivity contribution is 5.77. The predicted octanol–water partition coefficient (Wildman–Crippen LogP) is 3.33. The zero-order valence-corrected chi connectivity index (χ0v) is 25.6. The second kappa shape index (κ2) is 28.1. The van der Waals surface area contributed by atoms with Crippen LogP contribution in [0.2, 0.25) is 0 Å². The van der Waals surface area contributed by atoms with Crippen LogP contribution in [0.1, 0.15) is 110 Å². The molecule has 0 saturated carbocycles. The minimum absolute atomic E-state index is 0.0970. The molecule has 0 fully saturated rings. The first kappa shape index (κ1) is 39.0. The van der Waals surface area contributed by atoms with E-state index < -0.39 is 0 Å². The second-order valence-electron chi connectivity index (χ2n) is 10.1. The Morgan fingerprint density at radius 1 is 0.452 bits per heavy atom. The van der Waals surface area contributed by atoms with E-state index in [-0.39, 0.29) is 74.4 Å². The van der Waals surface area contributed by atoms with Crippen LogP contribution < -0.4 is 10.6 Å². The molecule has 2 N–H and O–H groups in total. The Morgan fingerprint density at radius 3 is 1.14 bits per heavy atom. The van der Waals surface area contributed by atoms with E-state index in [1.807, 2.05) is 0 Å². The van der Waals surface area contributed by atoms with Crippen LogP contribution in [-0.4, -0.2) is 82.1 Å². The van der Waals surface area contributed by atoms with Crippen LogP contribution in [0.3, 0.4) is 0 Å². The van der Waals surface area contributed by atoms with Crippen molar-refractivity contribution in [2.24, 2.45) is 0 Å². The van der Waals surface area contributed by atoms with Crippen molar-refractivity contribution in [2.75, 3.05) is 46.6 Å². The Hall–Kier alpha value is -3.02. The molecule has 0 unspecified atom stereocenters. The van der Waals surface area contributed by atoms with E-state index in [1.54, 1.807) is 7.11 Å². The molecule has 12 nitrogen and oxygen atoms in total. The number of hydrogen-bond donors (Lipinski definition) is 2.